The summed E-state index contributed by atoms with van der Waals surface area (Å²) in [5.74, 6) is 0.806. The second-order valence-corrected chi connectivity index (χ2v) is 7.09. The summed E-state index contributed by atoms with van der Waals surface area (Å²) in [6.45, 7) is 5.07. The fourth-order valence-corrected chi connectivity index (χ4v) is 3.35. The van der Waals surface area contributed by atoms with Crippen LogP contribution in [0.4, 0.5) is 0 Å². The number of imidazole rings is 1. The van der Waals surface area contributed by atoms with Crippen molar-refractivity contribution in [1.82, 2.24) is 14.9 Å². The van der Waals surface area contributed by atoms with E-state index in [2.05, 4.69) is 38.8 Å². The molecule has 0 aliphatic heterocycles. The van der Waals surface area contributed by atoms with Crippen molar-refractivity contribution in [2.45, 2.75) is 39.3 Å². The van der Waals surface area contributed by atoms with Crippen LogP contribution in [0.25, 0.3) is 11.0 Å². The Bertz CT molecular complexity index is 888. The van der Waals surface area contributed by atoms with E-state index in [-0.39, 0.29) is 11.9 Å². The topological polar surface area (TPSA) is 46.9 Å². The van der Waals surface area contributed by atoms with Crippen LogP contribution in [0.3, 0.4) is 0 Å². The number of para-hydroxylation sites is 2. The molecular weight excluding hydrogens is 378 g/mol. The summed E-state index contributed by atoms with van der Waals surface area (Å²) in [6.07, 6.45) is 2.20. The van der Waals surface area contributed by atoms with Gasteiger partial charge in [0.2, 0.25) is 0 Å². The molecule has 0 spiro atoms. The zero-order valence-corrected chi connectivity index (χ0v) is 16.1. The number of hydrogen-bond donors (Lipinski definition) is 1. The molecule has 5 heteroatoms. The number of aromatic nitrogens is 2. The van der Waals surface area contributed by atoms with Gasteiger partial charge in [-0.05, 0) is 43.7 Å². The minimum atomic E-state index is -0.171. The third-order valence-electron chi connectivity index (χ3n) is 4.24. The van der Waals surface area contributed by atoms with Crippen LogP contribution in [0.15, 0.2) is 53.0 Å². The first-order valence-electron chi connectivity index (χ1n) is 8.61. The van der Waals surface area contributed by atoms with Crippen molar-refractivity contribution in [3.8, 4) is 0 Å². The number of benzene rings is 2. The van der Waals surface area contributed by atoms with Crippen molar-refractivity contribution >= 4 is 32.9 Å². The van der Waals surface area contributed by atoms with E-state index in [1.54, 1.807) is 0 Å². The number of fused-ring (bicyclic) bond motifs is 1. The van der Waals surface area contributed by atoms with Crippen LogP contribution in [-0.2, 0) is 6.54 Å². The van der Waals surface area contributed by atoms with Gasteiger partial charge in [-0.25, -0.2) is 4.98 Å². The number of aryl methyl sites for hydroxylation is 1. The number of rotatable bonds is 6. The third kappa shape index (κ3) is 3.93. The van der Waals surface area contributed by atoms with Crippen molar-refractivity contribution in [1.29, 1.82) is 0 Å². The Morgan fingerprint density at radius 1 is 1.24 bits per heavy atom. The predicted molar refractivity (Wildman–Crippen MR) is 105 cm³/mol. The SMILES string of the molecule is CCCCn1c(C(C)NC(=O)c2cccc(Br)c2)nc2ccccc21. The molecule has 4 nitrogen and oxygen atoms in total. The van der Waals surface area contributed by atoms with Crippen molar-refractivity contribution < 1.29 is 4.79 Å². The lowest BCUT2D eigenvalue weighted by atomic mass is 10.2. The van der Waals surface area contributed by atoms with Gasteiger partial charge in [0.1, 0.15) is 5.82 Å². The van der Waals surface area contributed by atoms with Crippen molar-refractivity contribution in [3.05, 3.63) is 64.4 Å². The molecule has 3 aromatic rings. The molecule has 0 saturated heterocycles. The Balaban J connectivity index is 1.88. The van der Waals surface area contributed by atoms with E-state index in [4.69, 9.17) is 4.98 Å². The molecule has 0 fully saturated rings. The molecule has 1 aromatic heterocycles. The van der Waals surface area contributed by atoms with E-state index in [0.717, 1.165) is 40.7 Å². The van der Waals surface area contributed by atoms with Crippen LogP contribution in [-0.4, -0.2) is 15.5 Å². The fourth-order valence-electron chi connectivity index (χ4n) is 2.95. The molecule has 3 rings (SSSR count). The number of carbonyl (C=O) groups is 1. The molecule has 1 amide bonds. The molecule has 0 radical (unpaired) electrons. The highest BCUT2D eigenvalue weighted by Crippen LogP contribution is 2.22. The summed E-state index contributed by atoms with van der Waals surface area (Å²) in [4.78, 5) is 17.3. The molecule has 0 bridgehead atoms. The Labute approximate surface area is 156 Å². The highest BCUT2D eigenvalue weighted by molar-refractivity contribution is 9.10. The summed E-state index contributed by atoms with van der Waals surface area (Å²) in [7, 11) is 0. The van der Waals surface area contributed by atoms with Crippen LogP contribution in [0.5, 0.6) is 0 Å². The van der Waals surface area contributed by atoms with Gasteiger partial charge in [0.15, 0.2) is 0 Å². The lowest BCUT2D eigenvalue weighted by molar-refractivity contribution is 0.0937. The standard InChI is InChI=1S/C20H22BrN3O/c1-3-4-12-24-18-11-6-5-10-17(18)23-19(24)14(2)22-20(25)15-8-7-9-16(21)13-15/h5-11,13-14H,3-4,12H2,1-2H3,(H,22,25). The number of hydrogen-bond acceptors (Lipinski definition) is 2. The summed E-state index contributed by atoms with van der Waals surface area (Å²) in [5, 5.41) is 3.07. The van der Waals surface area contributed by atoms with E-state index in [1.165, 1.54) is 0 Å². The van der Waals surface area contributed by atoms with Crippen molar-refractivity contribution in [2.24, 2.45) is 0 Å². The normalized spacial score (nSPS) is 12.3. The molecule has 25 heavy (non-hydrogen) atoms. The largest absolute Gasteiger partial charge is 0.342 e. The molecular formula is C20H22BrN3O. The Hall–Kier alpha value is -2.14. The molecule has 1 atom stereocenters. The lowest BCUT2D eigenvalue weighted by Crippen LogP contribution is -2.28. The fraction of sp³-hybridized carbons (Fsp3) is 0.300. The molecule has 130 valence electrons. The second-order valence-electron chi connectivity index (χ2n) is 6.17. The van der Waals surface area contributed by atoms with Gasteiger partial charge in [-0.3, -0.25) is 4.79 Å². The third-order valence-corrected chi connectivity index (χ3v) is 4.73. The van der Waals surface area contributed by atoms with Crippen LogP contribution in [0.2, 0.25) is 0 Å². The monoisotopic (exact) mass is 399 g/mol. The maximum absolute atomic E-state index is 12.6. The van der Waals surface area contributed by atoms with Gasteiger partial charge in [-0.2, -0.15) is 0 Å². The summed E-state index contributed by atoms with van der Waals surface area (Å²) in [6, 6.07) is 15.4. The van der Waals surface area contributed by atoms with E-state index >= 15 is 0 Å². The van der Waals surface area contributed by atoms with Gasteiger partial charge < -0.3 is 9.88 Å². The van der Waals surface area contributed by atoms with E-state index in [0.29, 0.717) is 5.56 Å². The quantitative estimate of drug-likeness (QED) is 0.627. The summed E-state index contributed by atoms with van der Waals surface area (Å²) in [5.41, 5.74) is 2.73. The smallest absolute Gasteiger partial charge is 0.251 e. The Morgan fingerprint density at radius 3 is 2.80 bits per heavy atom. The summed E-state index contributed by atoms with van der Waals surface area (Å²) >= 11 is 3.41. The number of nitrogens with one attached hydrogen (secondary N) is 1. The maximum Gasteiger partial charge on any atom is 0.251 e. The minimum absolute atomic E-state index is 0.0945. The lowest BCUT2D eigenvalue weighted by Gasteiger charge is -2.16. The van der Waals surface area contributed by atoms with Gasteiger partial charge in [0.05, 0.1) is 17.1 Å². The van der Waals surface area contributed by atoms with E-state index < -0.39 is 0 Å². The first-order chi connectivity index (χ1) is 12.1. The highest BCUT2D eigenvalue weighted by atomic mass is 79.9. The number of nitrogens with zero attached hydrogens (tertiary/aromatic N) is 2. The predicted octanol–water partition coefficient (Wildman–Crippen LogP) is 5.09. The second kappa shape index (κ2) is 7.83. The molecule has 1 heterocycles. The zero-order chi connectivity index (χ0) is 17.8. The summed E-state index contributed by atoms with van der Waals surface area (Å²) < 4.78 is 3.12. The molecule has 0 aliphatic rings. The van der Waals surface area contributed by atoms with Crippen LogP contribution in [0.1, 0.15) is 48.9 Å². The molecule has 2 aromatic carbocycles. The first kappa shape index (κ1) is 17.7. The Morgan fingerprint density at radius 2 is 2.04 bits per heavy atom. The van der Waals surface area contributed by atoms with Crippen molar-refractivity contribution in [3.63, 3.8) is 0 Å². The van der Waals surface area contributed by atoms with Crippen molar-refractivity contribution in [2.75, 3.05) is 0 Å². The van der Waals surface area contributed by atoms with Gasteiger partial charge in [-0.15, -0.1) is 0 Å². The number of carbonyl (C=O) groups excluding carboxylic acids is 1. The average Bonchev–Trinajstić information content (AvgIpc) is 2.98. The maximum atomic E-state index is 12.6. The number of unbranched alkanes of at least 4 members (excludes halogenated alkanes) is 1. The van der Waals surface area contributed by atoms with Crippen LogP contribution in [0, 0.1) is 0 Å². The number of halogens is 1. The molecule has 0 aliphatic carbocycles. The van der Waals surface area contributed by atoms with Crippen LogP contribution >= 0.6 is 15.9 Å². The Kier molecular flexibility index (Phi) is 5.53. The van der Waals surface area contributed by atoms with Crippen LogP contribution < -0.4 is 5.32 Å². The number of amides is 1. The zero-order valence-electron chi connectivity index (χ0n) is 14.5. The average molecular weight is 400 g/mol. The van der Waals surface area contributed by atoms with E-state index in [1.807, 2.05) is 49.4 Å². The van der Waals surface area contributed by atoms with Gasteiger partial charge in [-0.1, -0.05) is 47.5 Å². The molecule has 0 saturated carbocycles. The van der Waals surface area contributed by atoms with Gasteiger partial charge >= 0.3 is 0 Å². The molecule has 1 unspecified atom stereocenters. The molecule has 1 N–H and O–H groups in total. The highest BCUT2D eigenvalue weighted by Gasteiger charge is 2.18. The first-order valence-corrected chi connectivity index (χ1v) is 9.41. The van der Waals surface area contributed by atoms with E-state index in [9.17, 15) is 4.79 Å². The minimum Gasteiger partial charge on any atom is -0.342 e. The van der Waals surface area contributed by atoms with Gasteiger partial charge in [0.25, 0.3) is 5.91 Å². The van der Waals surface area contributed by atoms with Gasteiger partial charge in [0, 0.05) is 16.6 Å².